The summed E-state index contributed by atoms with van der Waals surface area (Å²) in [5.41, 5.74) is 3.04. The van der Waals surface area contributed by atoms with Gasteiger partial charge in [-0.15, -0.1) is 0 Å². The number of amides is 2. The first kappa shape index (κ1) is 18.7. The van der Waals surface area contributed by atoms with Crippen molar-refractivity contribution >= 4 is 46.5 Å². The van der Waals surface area contributed by atoms with Crippen LogP contribution in [0, 0.1) is 0 Å². The van der Waals surface area contributed by atoms with E-state index in [1.165, 1.54) is 21.2 Å². The van der Waals surface area contributed by atoms with E-state index in [2.05, 4.69) is 64.1 Å². The molecule has 0 aliphatic carbocycles. The topological polar surface area (TPSA) is 44.4 Å². The Morgan fingerprint density at radius 1 is 0.893 bits per heavy atom. The number of hydrogen-bond acceptors (Lipinski definition) is 3. The summed E-state index contributed by atoms with van der Waals surface area (Å²) in [5.74, 6) is 0. The molecule has 0 bridgehead atoms. The first-order valence-electron chi connectivity index (χ1n) is 9.15. The van der Waals surface area contributed by atoms with Gasteiger partial charge in [-0.1, -0.05) is 59.8 Å². The van der Waals surface area contributed by atoms with Crippen molar-refractivity contribution in [3.05, 3.63) is 77.8 Å². The average Bonchev–Trinajstić information content (AvgIpc) is 2.72. The molecule has 4 nitrogen and oxygen atoms in total. The van der Waals surface area contributed by atoms with E-state index in [0.29, 0.717) is 17.3 Å². The number of rotatable bonds is 5. The summed E-state index contributed by atoms with van der Waals surface area (Å²) >= 11 is 7.87. The van der Waals surface area contributed by atoms with Crippen molar-refractivity contribution in [2.24, 2.45) is 0 Å². The van der Waals surface area contributed by atoms with Gasteiger partial charge in [0, 0.05) is 22.9 Å². The summed E-state index contributed by atoms with van der Waals surface area (Å²) in [6.45, 7) is 1.39. The van der Waals surface area contributed by atoms with Crippen molar-refractivity contribution in [3.63, 3.8) is 0 Å². The van der Waals surface area contributed by atoms with Gasteiger partial charge in [-0.05, 0) is 42.8 Å². The lowest BCUT2D eigenvalue weighted by Gasteiger charge is -2.32. The van der Waals surface area contributed by atoms with Crippen molar-refractivity contribution in [2.75, 3.05) is 23.3 Å². The molecule has 0 atom stereocenters. The number of urea groups is 1. The molecule has 1 aliphatic rings. The number of para-hydroxylation sites is 3. The summed E-state index contributed by atoms with van der Waals surface area (Å²) in [7, 11) is 0. The van der Waals surface area contributed by atoms with Gasteiger partial charge in [0.25, 0.3) is 0 Å². The lowest BCUT2D eigenvalue weighted by molar-refractivity contribution is 0.252. The van der Waals surface area contributed by atoms with E-state index in [1.54, 1.807) is 23.9 Å². The first-order valence-corrected chi connectivity index (χ1v) is 10.3. The molecule has 0 saturated heterocycles. The van der Waals surface area contributed by atoms with Crippen LogP contribution < -0.4 is 15.5 Å². The maximum atomic E-state index is 12.1. The average molecular weight is 410 g/mol. The normalized spacial score (nSPS) is 12.1. The zero-order valence-corrected chi connectivity index (χ0v) is 16.8. The Morgan fingerprint density at radius 3 is 2.18 bits per heavy atom. The Hall–Kier alpha value is -2.63. The minimum absolute atomic E-state index is 0.247. The highest BCUT2D eigenvalue weighted by atomic mass is 35.5. The van der Waals surface area contributed by atoms with Crippen LogP contribution in [0.5, 0.6) is 0 Å². The molecule has 2 N–H and O–H groups in total. The highest BCUT2D eigenvalue weighted by molar-refractivity contribution is 7.99. The van der Waals surface area contributed by atoms with Crippen molar-refractivity contribution in [3.8, 4) is 0 Å². The number of anilines is 3. The zero-order valence-electron chi connectivity index (χ0n) is 15.2. The molecular weight excluding hydrogens is 390 g/mol. The predicted octanol–water partition coefficient (Wildman–Crippen LogP) is 6.15. The fraction of sp³-hybridized carbons (Fsp3) is 0.136. The molecule has 0 fully saturated rings. The van der Waals surface area contributed by atoms with E-state index < -0.39 is 0 Å². The van der Waals surface area contributed by atoms with Crippen LogP contribution >= 0.6 is 23.4 Å². The molecule has 0 spiro atoms. The molecule has 1 heterocycles. The van der Waals surface area contributed by atoms with Gasteiger partial charge < -0.3 is 15.5 Å². The number of carbonyl (C=O) groups is 1. The predicted molar refractivity (Wildman–Crippen MR) is 117 cm³/mol. The Balaban J connectivity index is 1.36. The molecule has 142 valence electrons. The molecule has 1 aliphatic heterocycles. The van der Waals surface area contributed by atoms with Crippen LogP contribution in [0.3, 0.4) is 0 Å². The maximum absolute atomic E-state index is 12.1. The zero-order chi connectivity index (χ0) is 19.3. The molecule has 2 amide bonds. The fourth-order valence-electron chi connectivity index (χ4n) is 3.19. The van der Waals surface area contributed by atoms with E-state index in [1.807, 2.05) is 12.1 Å². The number of fused-ring (bicyclic) bond motifs is 2. The van der Waals surface area contributed by atoms with Crippen LogP contribution in [0.15, 0.2) is 82.6 Å². The summed E-state index contributed by atoms with van der Waals surface area (Å²) in [4.78, 5) is 17.0. The summed E-state index contributed by atoms with van der Waals surface area (Å²) in [5, 5.41) is 6.21. The largest absolute Gasteiger partial charge is 0.340 e. The summed E-state index contributed by atoms with van der Waals surface area (Å²) in [6, 6.07) is 23.8. The van der Waals surface area contributed by atoms with Crippen LogP contribution in [-0.4, -0.2) is 19.1 Å². The smallest absolute Gasteiger partial charge is 0.319 e. The monoisotopic (exact) mass is 409 g/mol. The molecule has 3 aromatic carbocycles. The van der Waals surface area contributed by atoms with Gasteiger partial charge in [0.2, 0.25) is 0 Å². The van der Waals surface area contributed by atoms with E-state index in [9.17, 15) is 4.79 Å². The Labute approximate surface area is 173 Å². The molecule has 6 heteroatoms. The van der Waals surface area contributed by atoms with Crippen LogP contribution in [0.25, 0.3) is 0 Å². The second-order valence-electron chi connectivity index (χ2n) is 6.40. The number of carbonyl (C=O) groups excluding carboxylic acids is 1. The van der Waals surface area contributed by atoms with Gasteiger partial charge >= 0.3 is 6.03 Å². The van der Waals surface area contributed by atoms with Gasteiger partial charge in [0.1, 0.15) is 0 Å². The molecular formula is C22H20ClN3OS. The Morgan fingerprint density at radius 2 is 1.50 bits per heavy atom. The highest BCUT2D eigenvalue weighted by Crippen LogP contribution is 2.47. The van der Waals surface area contributed by atoms with E-state index >= 15 is 0 Å². The minimum atomic E-state index is -0.247. The molecule has 28 heavy (non-hydrogen) atoms. The quantitative estimate of drug-likeness (QED) is 0.496. The van der Waals surface area contributed by atoms with Crippen LogP contribution in [0.2, 0.25) is 5.02 Å². The third-order valence-electron chi connectivity index (χ3n) is 4.50. The molecule has 0 radical (unpaired) electrons. The highest BCUT2D eigenvalue weighted by Gasteiger charge is 2.22. The molecule has 4 rings (SSSR count). The number of nitrogens with one attached hydrogen (secondary N) is 2. The second-order valence-corrected chi connectivity index (χ2v) is 7.89. The van der Waals surface area contributed by atoms with Crippen molar-refractivity contribution in [2.45, 2.75) is 16.2 Å². The van der Waals surface area contributed by atoms with Gasteiger partial charge in [-0.25, -0.2) is 4.79 Å². The number of hydrogen-bond donors (Lipinski definition) is 2. The molecule has 0 aromatic heterocycles. The van der Waals surface area contributed by atoms with Crippen LogP contribution in [0.4, 0.5) is 21.9 Å². The fourth-order valence-corrected chi connectivity index (χ4v) is 4.47. The SMILES string of the molecule is O=C(NCCCN1c2ccccc2Sc2ccccc21)Nc1ccccc1Cl. The van der Waals surface area contributed by atoms with Crippen molar-refractivity contribution < 1.29 is 4.79 Å². The van der Waals surface area contributed by atoms with Crippen molar-refractivity contribution in [1.29, 1.82) is 0 Å². The molecule has 3 aromatic rings. The lowest BCUT2D eigenvalue weighted by atomic mass is 10.2. The standard InChI is InChI=1S/C22H20ClN3OS/c23-16-8-1-2-9-17(16)25-22(27)24-14-7-15-26-18-10-3-5-12-20(18)28-21-13-6-4-11-19(21)26/h1-6,8-13H,7,14-15H2,(H2,24,25,27). The van der Waals surface area contributed by atoms with Gasteiger partial charge in [0.15, 0.2) is 0 Å². The van der Waals surface area contributed by atoms with E-state index in [-0.39, 0.29) is 6.03 Å². The van der Waals surface area contributed by atoms with Gasteiger partial charge in [-0.2, -0.15) is 0 Å². The van der Waals surface area contributed by atoms with Gasteiger partial charge in [0.05, 0.1) is 22.1 Å². The number of benzene rings is 3. The molecule has 0 saturated carbocycles. The van der Waals surface area contributed by atoms with Crippen molar-refractivity contribution in [1.82, 2.24) is 5.32 Å². The lowest BCUT2D eigenvalue weighted by Crippen LogP contribution is -2.32. The third-order valence-corrected chi connectivity index (χ3v) is 5.96. The maximum Gasteiger partial charge on any atom is 0.319 e. The Kier molecular flexibility index (Phi) is 5.74. The minimum Gasteiger partial charge on any atom is -0.340 e. The summed E-state index contributed by atoms with van der Waals surface area (Å²) in [6.07, 6.45) is 0.823. The number of nitrogens with zero attached hydrogens (tertiary/aromatic N) is 1. The molecule has 0 unspecified atom stereocenters. The van der Waals surface area contributed by atoms with Gasteiger partial charge in [-0.3, -0.25) is 0 Å². The summed E-state index contributed by atoms with van der Waals surface area (Å²) < 4.78 is 0. The first-order chi connectivity index (χ1) is 13.7. The van der Waals surface area contributed by atoms with E-state index in [0.717, 1.165) is 13.0 Å². The third kappa shape index (κ3) is 4.11. The van der Waals surface area contributed by atoms with Crippen LogP contribution in [-0.2, 0) is 0 Å². The second kappa shape index (κ2) is 8.59. The Bertz CT molecular complexity index is 949. The van der Waals surface area contributed by atoms with Crippen LogP contribution in [0.1, 0.15) is 6.42 Å². The van der Waals surface area contributed by atoms with E-state index in [4.69, 9.17) is 11.6 Å². The number of halogens is 1.